The first-order valence-corrected chi connectivity index (χ1v) is 7.37. The van der Waals surface area contributed by atoms with Gasteiger partial charge in [0.15, 0.2) is 0 Å². The summed E-state index contributed by atoms with van der Waals surface area (Å²) in [5.74, 6) is 0.641. The summed E-state index contributed by atoms with van der Waals surface area (Å²) in [4.78, 5) is 8.59. The molecular weight excluding hydrogens is 254 g/mol. The first kappa shape index (κ1) is 16.9. The third-order valence-corrected chi connectivity index (χ3v) is 2.73. The summed E-state index contributed by atoms with van der Waals surface area (Å²) in [7, 11) is 0. The molecule has 0 aliphatic rings. The standard InChI is InChI=1S/C15H27N3O2/c1-5-6-19-7-8-20-15-17-11-14(13(4)18-15)10-16-9-12(2)3/h11-12,16H,5-10H2,1-4H3. The van der Waals surface area contributed by atoms with Crippen molar-refractivity contribution in [1.29, 1.82) is 0 Å². The highest BCUT2D eigenvalue weighted by atomic mass is 16.5. The maximum Gasteiger partial charge on any atom is 0.316 e. The highest BCUT2D eigenvalue weighted by Crippen LogP contribution is 2.08. The van der Waals surface area contributed by atoms with Gasteiger partial charge in [-0.3, -0.25) is 0 Å². The summed E-state index contributed by atoms with van der Waals surface area (Å²) >= 11 is 0. The van der Waals surface area contributed by atoms with Crippen LogP contribution in [-0.4, -0.2) is 36.3 Å². The Morgan fingerprint density at radius 3 is 2.70 bits per heavy atom. The molecule has 1 rings (SSSR count). The van der Waals surface area contributed by atoms with Gasteiger partial charge in [0.1, 0.15) is 6.61 Å². The highest BCUT2D eigenvalue weighted by molar-refractivity contribution is 5.17. The van der Waals surface area contributed by atoms with Crippen LogP contribution in [0, 0.1) is 12.8 Å². The first-order chi connectivity index (χ1) is 9.63. The molecule has 0 aliphatic heterocycles. The molecule has 5 heteroatoms. The normalized spacial score (nSPS) is 11.1. The molecule has 0 radical (unpaired) electrons. The fraction of sp³-hybridized carbons (Fsp3) is 0.733. The van der Waals surface area contributed by atoms with Crippen molar-refractivity contribution in [2.75, 3.05) is 26.4 Å². The molecule has 5 nitrogen and oxygen atoms in total. The lowest BCUT2D eigenvalue weighted by Crippen LogP contribution is -2.20. The zero-order valence-electron chi connectivity index (χ0n) is 13.1. The molecule has 0 aromatic carbocycles. The number of rotatable bonds is 10. The molecule has 114 valence electrons. The van der Waals surface area contributed by atoms with Crippen molar-refractivity contribution >= 4 is 0 Å². The van der Waals surface area contributed by atoms with Gasteiger partial charge in [0.2, 0.25) is 0 Å². The molecule has 1 N–H and O–H groups in total. The quantitative estimate of drug-likeness (QED) is 0.667. The Hall–Kier alpha value is -1.20. The zero-order valence-corrected chi connectivity index (χ0v) is 13.1. The van der Waals surface area contributed by atoms with Crippen LogP contribution in [0.4, 0.5) is 0 Å². The maximum absolute atomic E-state index is 5.46. The van der Waals surface area contributed by atoms with E-state index in [1.165, 1.54) is 0 Å². The summed E-state index contributed by atoms with van der Waals surface area (Å²) in [5.41, 5.74) is 2.07. The van der Waals surface area contributed by atoms with Crippen LogP contribution >= 0.6 is 0 Å². The SMILES string of the molecule is CCCOCCOc1ncc(CNCC(C)C)c(C)n1. The van der Waals surface area contributed by atoms with Crippen molar-refractivity contribution in [1.82, 2.24) is 15.3 Å². The molecule has 0 atom stereocenters. The second-order valence-electron chi connectivity index (χ2n) is 5.25. The summed E-state index contributed by atoms with van der Waals surface area (Å²) in [6.07, 6.45) is 2.85. The van der Waals surface area contributed by atoms with Crippen LogP contribution in [0.1, 0.15) is 38.4 Å². The number of hydrogen-bond donors (Lipinski definition) is 1. The van der Waals surface area contributed by atoms with Gasteiger partial charge < -0.3 is 14.8 Å². The molecule has 0 spiro atoms. The molecule has 0 saturated heterocycles. The molecule has 1 heterocycles. The maximum atomic E-state index is 5.46. The fourth-order valence-corrected chi connectivity index (χ4v) is 1.65. The van der Waals surface area contributed by atoms with Gasteiger partial charge in [0, 0.05) is 30.6 Å². The van der Waals surface area contributed by atoms with Crippen molar-refractivity contribution in [2.24, 2.45) is 5.92 Å². The van der Waals surface area contributed by atoms with E-state index in [-0.39, 0.29) is 0 Å². The van der Waals surface area contributed by atoms with Gasteiger partial charge in [-0.1, -0.05) is 20.8 Å². The fourth-order valence-electron chi connectivity index (χ4n) is 1.65. The molecule has 20 heavy (non-hydrogen) atoms. The number of aryl methyl sites for hydroxylation is 1. The van der Waals surface area contributed by atoms with E-state index in [1.54, 1.807) is 0 Å². The van der Waals surface area contributed by atoms with Crippen LogP contribution in [-0.2, 0) is 11.3 Å². The van der Waals surface area contributed by atoms with Crippen molar-refractivity contribution in [3.8, 4) is 6.01 Å². The van der Waals surface area contributed by atoms with E-state index in [2.05, 4.69) is 36.1 Å². The third kappa shape index (κ3) is 6.82. The summed E-state index contributed by atoms with van der Waals surface area (Å²) in [6, 6.07) is 0.426. The van der Waals surface area contributed by atoms with E-state index in [4.69, 9.17) is 9.47 Å². The Balaban J connectivity index is 2.35. The molecule has 0 unspecified atom stereocenters. The van der Waals surface area contributed by atoms with Crippen LogP contribution in [0.2, 0.25) is 0 Å². The van der Waals surface area contributed by atoms with Crippen LogP contribution < -0.4 is 10.1 Å². The Kier molecular flexibility index (Phi) is 8.14. The number of ether oxygens (including phenoxy) is 2. The van der Waals surface area contributed by atoms with Gasteiger partial charge in [-0.2, -0.15) is 0 Å². The van der Waals surface area contributed by atoms with Crippen LogP contribution in [0.3, 0.4) is 0 Å². The van der Waals surface area contributed by atoms with E-state index in [0.29, 0.717) is 25.1 Å². The smallest absolute Gasteiger partial charge is 0.316 e. The molecule has 0 aliphatic carbocycles. The molecular formula is C15H27N3O2. The van der Waals surface area contributed by atoms with Gasteiger partial charge in [0.25, 0.3) is 0 Å². The van der Waals surface area contributed by atoms with Gasteiger partial charge in [-0.15, -0.1) is 0 Å². The molecule has 0 fully saturated rings. The Bertz CT molecular complexity index is 383. The van der Waals surface area contributed by atoms with Gasteiger partial charge in [-0.25, -0.2) is 9.97 Å². The van der Waals surface area contributed by atoms with Crippen molar-refractivity contribution in [2.45, 2.75) is 40.7 Å². The lowest BCUT2D eigenvalue weighted by molar-refractivity contribution is 0.0971. The zero-order chi connectivity index (χ0) is 14.8. The second kappa shape index (κ2) is 9.66. The van der Waals surface area contributed by atoms with E-state index in [9.17, 15) is 0 Å². The van der Waals surface area contributed by atoms with Crippen LogP contribution in [0.25, 0.3) is 0 Å². The van der Waals surface area contributed by atoms with E-state index in [0.717, 1.165) is 37.4 Å². The first-order valence-electron chi connectivity index (χ1n) is 7.37. The van der Waals surface area contributed by atoms with Gasteiger partial charge >= 0.3 is 6.01 Å². The lowest BCUT2D eigenvalue weighted by Gasteiger charge is -2.10. The highest BCUT2D eigenvalue weighted by Gasteiger charge is 2.04. The number of nitrogens with one attached hydrogen (secondary N) is 1. The van der Waals surface area contributed by atoms with Crippen molar-refractivity contribution < 1.29 is 9.47 Å². The van der Waals surface area contributed by atoms with E-state index >= 15 is 0 Å². The second-order valence-corrected chi connectivity index (χ2v) is 5.25. The van der Waals surface area contributed by atoms with Gasteiger partial charge in [-0.05, 0) is 25.8 Å². The average molecular weight is 281 g/mol. The molecule has 0 amide bonds. The number of nitrogens with zero attached hydrogens (tertiary/aromatic N) is 2. The lowest BCUT2D eigenvalue weighted by atomic mass is 10.2. The van der Waals surface area contributed by atoms with E-state index < -0.39 is 0 Å². The number of aromatic nitrogens is 2. The van der Waals surface area contributed by atoms with Crippen LogP contribution in [0.15, 0.2) is 6.20 Å². The minimum Gasteiger partial charge on any atom is -0.461 e. The molecule has 1 aromatic rings. The van der Waals surface area contributed by atoms with Gasteiger partial charge in [0.05, 0.1) is 6.61 Å². The molecule has 0 bridgehead atoms. The summed E-state index contributed by atoms with van der Waals surface area (Å²) < 4.78 is 10.8. The average Bonchev–Trinajstić information content (AvgIpc) is 2.40. The summed E-state index contributed by atoms with van der Waals surface area (Å²) in [5, 5.41) is 3.39. The van der Waals surface area contributed by atoms with Crippen LogP contribution in [0.5, 0.6) is 6.01 Å². The monoisotopic (exact) mass is 281 g/mol. The molecule has 1 aromatic heterocycles. The topological polar surface area (TPSA) is 56.3 Å². The number of hydrogen-bond acceptors (Lipinski definition) is 5. The summed E-state index contributed by atoms with van der Waals surface area (Å²) in [6.45, 7) is 12.1. The Labute approximate surface area is 122 Å². The third-order valence-electron chi connectivity index (χ3n) is 2.73. The Morgan fingerprint density at radius 1 is 1.25 bits per heavy atom. The van der Waals surface area contributed by atoms with E-state index in [1.807, 2.05) is 13.1 Å². The van der Waals surface area contributed by atoms with Crippen molar-refractivity contribution in [3.63, 3.8) is 0 Å². The Morgan fingerprint density at radius 2 is 2.05 bits per heavy atom. The van der Waals surface area contributed by atoms with Crippen molar-refractivity contribution in [3.05, 3.63) is 17.5 Å². The minimum absolute atomic E-state index is 0.426. The minimum atomic E-state index is 0.426. The predicted octanol–water partition coefficient (Wildman–Crippen LogP) is 2.34. The largest absolute Gasteiger partial charge is 0.461 e. The predicted molar refractivity (Wildman–Crippen MR) is 79.9 cm³/mol. The molecule has 0 saturated carbocycles.